The van der Waals surface area contributed by atoms with Crippen LogP contribution >= 0.6 is 0 Å². The number of carbonyl (C=O) groups is 1. The van der Waals surface area contributed by atoms with Crippen LogP contribution in [-0.2, 0) is 21.4 Å². The van der Waals surface area contributed by atoms with Crippen molar-refractivity contribution in [1.82, 2.24) is 14.5 Å². The average Bonchev–Trinajstić information content (AvgIpc) is 3.00. The summed E-state index contributed by atoms with van der Waals surface area (Å²) in [5.41, 5.74) is 5.61. The van der Waals surface area contributed by atoms with E-state index < -0.39 is 10.0 Å². The fourth-order valence-corrected chi connectivity index (χ4v) is 4.66. The van der Waals surface area contributed by atoms with Crippen molar-refractivity contribution in [2.75, 3.05) is 5.32 Å². The topological polar surface area (TPSA) is 93.1 Å². The molecule has 2 N–H and O–H groups in total. The van der Waals surface area contributed by atoms with E-state index >= 15 is 0 Å². The first-order valence-corrected chi connectivity index (χ1v) is 12.2. The van der Waals surface area contributed by atoms with Gasteiger partial charge in [-0.1, -0.05) is 29.8 Å². The van der Waals surface area contributed by atoms with Crippen LogP contribution < -0.4 is 10.0 Å². The van der Waals surface area contributed by atoms with E-state index in [2.05, 4.69) is 46.3 Å². The first kappa shape index (κ1) is 24.4. The number of amides is 1. The second-order valence-corrected chi connectivity index (χ2v) is 10.1. The Bertz CT molecular complexity index is 1260. The maximum atomic E-state index is 12.4. The van der Waals surface area contributed by atoms with Gasteiger partial charge in [0, 0.05) is 29.1 Å². The molecule has 3 rings (SSSR count). The third kappa shape index (κ3) is 6.40. The summed E-state index contributed by atoms with van der Waals surface area (Å²) >= 11 is 0. The number of nitrogens with one attached hydrogen (secondary N) is 2. The molecule has 0 spiro atoms. The molecule has 1 aromatic heterocycles. The van der Waals surface area contributed by atoms with Crippen molar-refractivity contribution in [1.29, 1.82) is 0 Å². The number of nitrogens with zero attached hydrogens (tertiary/aromatic N) is 2. The van der Waals surface area contributed by atoms with E-state index in [-0.39, 0.29) is 16.8 Å². The lowest BCUT2D eigenvalue weighted by Crippen LogP contribution is -2.30. The second-order valence-electron chi connectivity index (χ2n) is 8.35. The Morgan fingerprint density at radius 3 is 2.27 bits per heavy atom. The van der Waals surface area contributed by atoms with Crippen LogP contribution in [0.4, 0.5) is 5.69 Å². The summed E-state index contributed by atoms with van der Waals surface area (Å²) in [6, 6.07) is 14.2. The molecule has 1 amide bonds. The highest BCUT2D eigenvalue weighted by atomic mass is 32.2. The number of hydrogen-bond donors (Lipinski definition) is 2. The van der Waals surface area contributed by atoms with Gasteiger partial charge in [0.1, 0.15) is 0 Å². The number of sulfonamides is 1. The minimum absolute atomic E-state index is 0.150. The Morgan fingerprint density at radius 2 is 1.67 bits per heavy atom. The van der Waals surface area contributed by atoms with Gasteiger partial charge < -0.3 is 5.32 Å². The maximum absolute atomic E-state index is 12.4. The van der Waals surface area contributed by atoms with Gasteiger partial charge in [-0.05, 0) is 70.5 Å². The summed E-state index contributed by atoms with van der Waals surface area (Å²) in [6.45, 7) is 10.1. The molecule has 8 heteroatoms. The van der Waals surface area contributed by atoms with E-state index in [1.165, 1.54) is 23.8 Å². The molecule has 7 nitrogen and oxygen atoms in total. The minimum atomic E-state index is -3.57. The molecule has 0 aliphatic heterocycles. The Labute approximate surface area is 195 Å². The number of aromatic nitrogens is 2. The fourth-order valence-electron chi connectivity index (χ4n) is 3.41. The smallest absolute Gasteiger partial charge is 0.248 e. The van der Waals surface area contributed by atoms with Crippen molar-refractivity contribution in [3.63, 3.8) is 0 Å². The highest BCUT2D eigenvalue weighted by Gasteiger charge is 2.15. The predicted molar refractivity (Wildman–Crippen MR) is 132 cm³/mol. The van der Waals surface area contributed by atoms with Gasteiger partial charge in [0.2, 0.25) is 15.9 Å². The zero-order valence-corrected chi connectivity index (χ0v) is 20.4. The maximum Gasteiger partial charge on any atom is 0.248 e. The first-order chi connectivity index (χ1) is 15.5. The fraction of sp³-hybridized carbons (Fsp3) is 0.280. The third-order valence-electron chi connectivity index (χ3n) is 5.11. The minimum Gasteiger partial charge on any atom is -0.323 e. The lowest BCUT2D eigenvalue weighted by molar-refractivity contribution is -0.111. The Morgan fingerprint density at radius 1 is 1.03 bits per heavy atom. The van der Waals surface area contributed by atoms with Crippen molar-refractivity contribution < 1.29 is 13.2 Å². The summed E-state index contributed by atoms with van der Waals surface area (Å²) < 4.78 is 28.9. The molecule has 1 heterocycles. The van der Waals surface area contributed by atoms with Crippen LogP contribution in [0.15, 0.2) is 59.5 Å². The molecule has 2 aromatic carbocycles. The van der Waals surface area contributed by atoms with E-state index in [9.17, 15) is 13.2 Å². The lowest BCUT2D eigenvalue weighted by atomic mass is 10.1. The second kappa shape index (κ2) is 10.1. The van der Waals surface area contributed by atoms with Crippen LogP contribution in [0, 0.1) is 20.8 Å². The normalized spacial score (nSPS) is 11.9. The molecule has 0 atom stereocenters. The van der Waals surface area contributed by atoms with Crippen LogP contribution in [-0.4, -0.2) is 30.1 Å². The number of carbonyl (C=O) groups excluding carboxylic acids is 1. The van der Waals surface area contributed by atoms with Gasteiger partial charge in [-0.3, -0.25) is 9.48 Å². The van der Waals surface area contributed by atoms with Crippen molar-refractivity contribution >= 4 is 27.7 Å². The first-order valence-electron chi connectivity index (χ1n) is 10.8. The molecular weight excluding hydrogens is 436 g/mol. The van der Waals surface area contributed by atoms with Gasteiger partial charge in [-0.15, -0.1) is 0 Å². The van der Waals surface area contributed by atoms with Crippen molar-refractivity contribution in [2.24, 2.45) is 0 Å². The highest BCUT2D eigenvalue weighted by molar-refractivity contribution is 7.89. The van der Waals surface area contributed by atoms with E-state index in [0.717, 1.165) is 22.5 Å². The predicted octanol–water partition coefficient (Wildman–Crippen LogP) is 4.20. The van der Waals surface area contributed by atoms with Crippen LogP contribution in [0.3, 0.4) is 0 Å². The molecule has 0 bridgehead atoms. The van der Waals surface area contributed by atoms with E-state index in [1.807, 2.05) is 18.5 Å². The van der Waals surface area contributed by atoms with E-state index in [1.54, 1.807) is 32.1 Å². The van der Waals surface area contributed by atoms with Gasteiger partial charge in [0.05, 0.1) is 17.1 Å². The van der Waals surface area contributed by atoms with Crippen LogP contribution in [0.2, 0.25) is 0 Å². The Balaban J connectivity index is 1.67. The zero-order chi connectivity index (χ0) is 24.2. The van der Waals surface area contributed by atoms with Crippen molar-refractivity contribution in [3.05, 3.63) is 82.7 Å². The lowest BCUT2D eigenvalue weighted by Gasteiger charge is -2.10. The summed E-state index contributed by atoms with van der Waals surface area (Å²) in [7, 11) is -3.57. The van der Waals surface area contributed by atoms with Crippen molar-refractivity contribution in [2.45, 2.75) is 52.1 Å². The number of benzene rings is 2. The molecule has 0 fully saturated rings. The molecule has 0 saturated heterocycles. The number of hydrogen-bond acceptors (Lipinski definition) is 4. The SMILES string of the molecule is Cc1ccc(Cn2nc(C)c(C=CC(=O)Nc3ccc(S(=O)(=O)NC(C)C)cc3)c2C)cc1. The van der Waals surface area contributed by atoms with Crippen LogP contribution in [0.1, 0.15) is 41.9 Å². The van der Waals surface area contributed by atoms with Gasteiger partial charge in [0.15, 0.2) is 0 Å². The van der Waals surface area contributed by atoms with Gasteiger partial charge in [-0.25, -0.2) is 13.1 Å². The monoisotopic (exact) mass is 466 g/mol. The van der Waals surface area contributed by atoms with Gasteiger partial charge in [-0.2, -0.15) is 5.10 Å². The summed E-state index contributed by atoms with van der Waals surface area (Å²) in [5.74, 6) is -0.309. The zero-order valence-electron chi connectivity index (χ0n) is 19.6. The summed E-state index contributed by atoms with van der Waals surface area (Å²) in [4.78, 5) is 12.6. The molecule has 0 aliphatic carbocycles. The molecule has 0 unspecified atom stereocenters. The number of rotatable bonds is 8. The standard InChI is InChI=1S/C25H30N4O3S/c1-17(2)28-33(31,32)23-12-10-22(11-13-23)26-25(30)15-14-24-19(4)27-29(20(24)5)16-21-8-6-18(3)7-9-21/h6-15,17,28H,16H2,1-5H3,(H,26,30). The molecule has 33 heavy (non-hydrogen) atoms. The van der Waals surface area contributed by atoms with Gasteiger partial charge in [0.25, 0.3) is 0 Å². The average molecular weight is 467 g/mol. The van der Waals surface area contributed by atoms with Crippen LogP contribution in [0.25, 0.3) is 6.08 Å². The molecule has 174 valence electrons. The highest BCUT2D eigenvalue weighted by Crippen LogP contribution is 2.18. The van der Waals surface area contributed by atoms with Crippen LogP contribution in [0.5, 0.6) is 0 Å². The molecule has 0 saturated carbocycles. The van der Waals surface area contributed by atoms with E-state index in [4.69, 9.17) is 0 Å². The quantitative estimate of drug-likeness (QED) is 0.487. The Kier molecular flexibility index (Phi) is 7.50. The molecule has 0 aliphatic rings. The summed E-state index contributed by atoms with van der Waals surface area (Å²) in [5, 5.41) is 7.37. The van der Waals surface area contributed by atoms with Gasteiger partial charge >= 0.3 is 0 Å². The van der Waals surface area contributed by atoms with Crippen molar-refractivity contribution in [3.8, 4) is 0 Å². The number of aryl methyl sites for hydroxylation is 2. The third-order valence-corrected chi connectivity index (χ3v) is 6.79. The largest absolute Gasteiger partial charge is 0.323 e. The molecule has 3 aromatic rings. The summed E-state index contributed by atoms with van der Waals surface area (Å²) in [6.07, 6.45) is 3.21. The molecular formula is C25H30N4O3S. The Hall–Kier alpha value is -3.23. The van der Waals surface area contributed by atoms with E-state index in [0.29, 0.717) is 12.2 Å². The number of anilines is 1. The molecule has 0 radical (unpaired) electrons.